The predicted octanol–water partition coefficient (Wildman–Crippen LogP) is 5.63. The second-order valence-corrected chi connectivity index (χ2v) is 7.96. The van der Waals surface area contributed by atoms with Crippen molar-refractivity contribution in [2.24, 2.45) is 0 Å². The third-order valence-electron chi connectivity index (χ3n) is 4.68. The Morgan fingerprint density at radius 2 is 1.83 bits per heavy atom. The van der Waals surface area contributed by atoms with Crippen LogP contribution in [0.25, 0.3) is 5.76 Å². The number of carbonyl (C=O) groups excluding carboxylic acids is 2. The van der Waals surface area contributed by atoms with Crippen LogP contribution >= 0.6 is 27.5 Å². The van der Waals surface area contributed by atoms with Gasteiger partial charge in [-0.3, -0.25) is 14.5 Å². The molecule has 1 N–H and O–H groups in total. The van der Waals surface area contributed by atoms with Crippen LogP contribution in [-0.2, 0) is 9.59 Å². The van der Waals surface area contributed by atoms with Gasteiger partial charge in [0, 0.05) is 20.7 Å². The Balaban J connectivity index is 1.94. The minimum atomic E-state index is -0.911. The quantitative estimate of drug-likeness (QED) is 0.305. The van der Waals surface area contributed by atoms with Crippen LogP contribution in [0, 0.1) is 6.92 Å². The van der Waals surface area contributed by atoms with Crippen LogP contribution < -0.4 is 4.90 Å². The normalized spacial score (nSPS) is 18.4. The number of anilines is 1. The molecule has 1 aliphatic heterocycles. The van der Waals surface area contributed by atoms with Crippen LogP contribution in [0.5, 0.6) is 0 Å². The summed E-state index contributed by atoms with van der Waals surface area (Å²) in [5.74, 6) is -0.811. The molecule has 0 aliphatic carbocycles. The van der Waals surface area contributed by atoms with Crippen LogP contribution in [-0.4, -0.2) is 16.8 Å². The third kappa shape index (κ3) is 3.50. The summed E-state index contributed by atoms with van der Waals surface area (Å²) in [7, 11) is 0. The predicted molar refractivity (Wildman–Crippen MR) is 114 cm³/mol. The fourth-order valence-electron chi connectivity index (χ4n) is 3.36. The standard InChI is InChI=1S/C22H15BrClNO4/c1-12-5-10-17(29-12)19-18(20(26)13-6-8-14(23)9-7-13)21(27)22(28)25(19)16-4-2-3-15(24)11-16/h2-11,19,26H,1H3/b20-18-. The molecule has 7 heteroatoms. The van der Waals surface area contributed by atoms with Gasteiger partial charge < -0.3 is 9.52 Å². The zero-order valence-electron chi connectivity index (χ0n) is 15.2. The van der Waals surface area contributed by atoms with Crippen molar-refractivity contribution >= 4 is 50.7 Å². The van der Waals surface area contributed by atoms with Crippen molar-refractivity contribution in [3.63, 3.8) is 0 Å². The molecule has 1 amide bonds. The molecule has 1 atom stereocenters. The van der Waals surface area contributed by atoms with Gasteiger partial charge in [-0.2, -0.15) is 0 Å². The number of hydrogen-bond donors (Lipinski definition) is 1. The fourth-order valence-corrected chi connectivity index (χ4v) is 3.81. The highest BCUT2D eigenvalue weighted by molar-refractivity contribution is 9.10. The number of carbonyl (C=O) groups is 2. The molecule has 1 saturated heterocycles. The third-order valence-corrected chi connectivity index (χ3v) is 5.44. The monoisotopic (exact) mass is 471 g/mol. The molecule has 1 fully saturated rings. The summed E-state index contributed by atoms with van der Waals surface area (Å²) in [6.45, 7) is 1.77. The highest BCUT2D eigenvalue weighted by atomic mass is 79.9. The first kappa shape index (κ1) is 19.5. The molecule has 0 radical (unpaired) electrons. The Bertz CT molecular complexity index is 1150. The fraction of sp³-hybridized carbons (Fsp3) is 0.0909. The van der Waals surface area contributed by atoms with Gasteiger partial charge in [0.15, 0.2) is 0 Å². The minimum absolute atomic E-state index is 0.0355. The van der Waals surface area contributed by atoms with E-state index in [1.165, 1.54) is 4.90 Å². The SMILES string of the molecule is Cc1ccc(C2/C(=C(/O)c3ccc(Br)cc3)C(=O)C(=O)N2c2cccc(Cl)c2)o1. The van der Waals surface area contributed by atoms with E-state index >= 15 is 0 Å². The number of benzene rings is 2. The molecule has 1 unspecified atom stereocenters. The lowest BCUT2D eigenvalue weighted by molar-refractivity contribution is -0.132. The van der Waals surface area contributed by atoms with Crippen LogP contribution in [0.3, 0.4) is 0 Å². The van der Waals surface area contributed by atoms with Crippen molar-refractivity contribution in [3.8, 4) is 0 Å². The van der Waals surface area contributed by atoms with Gasteiger partial charge in [-0.05, 0) is 49.4 Å². The van der Waals surface area contributed by atoms with Gasteiger partial charge in [0.05, 0.1) is 5.57 Å². The Morgan fingerprint density at radius 3 is 2.45 bits per heavy atom. The van der Waals surface area contributed by atoms with Crippen molar-refractivity contribution in [3.05, 3.63) is 92.8 Å². The maximum atomic E-state index is 13.0. The average molecular weight is 473 g/mol. The second-order valence-electron chi connectivity index (χ2n) is 6.60. The van der Waals surface area contributed by atoms with E-state index in [0.717, 1.165) is 4.47 Å². The first-order chi connectivity index (χ1) is 13.9. The number of hydrogen-bond acceptors (Lipinski definition) is 4. The first-order valence-electron chi connectivity index (χ1n) is 8.75. The number of halogens is 2. The van der Waals surface area contributed by atoms with Gasteiger partial charge in [-0.1, -0.05) is 45.7 Å². The Kier molecular flexibility index (Phi) is 5.06. The van der Waals surface area contributed by atoms with Crippen molar-refractivity contribution in [1.82, 2.24) is 0 Å². The van der Waals surface area contributed by atoms with Gasteiger partial charge in [0.2, 0.25) is 0 Å². The molecular formula is C22H15BrClNO4. The van der Waals surface area contributed by atoms with E-state index in [1.54, 1.807) is 67.6 Å². The zero-order valence-corrected chi connectivity index (χ0v) is 17.6. The molecule has 0 spiro atoms. The number of furan rings is 1. The van der Waals surface area contributed by atoms with Crippen molar-refractivity contribution in [2.45, 2.75) is 13.0 Å². The summed E-state index contributed by atoms with van der Waals surface area (Å²) < 4.78 is 6.58. The molecule has 2 aromatic carbocycles. The zero-order chi connectivity index (χ0) is 20.7. The van der Waals surface area contributed by atoms with Gasteiger partial charge in [0.25, 0.3) is 11.7 Å². The molecule has 2 heterocycles. The molecule has 5 nitrogen and oxygen atoms in total. The lowest BCUT2D eigenvalue weighted by Crippen LogP contribution is -2.29. The molecule has 3 aromatic rings. The second kappa shape index (κ2) is 7.54. The number of ketones is 1. The summed E-state index contributed by atoms with van der Waals surface area (Å²) in [5.41, 5.74) is 0.825. The maximum Gasteiger partial charge on any atom is 0.300 e. The molecule has 0 bridgehead atoms. The van der Waals surface area contributed by atoms with Gasteiger partial charge in [0.1, 0.15) is 23.3 Å². The van der Waals surface area contributed by atoms with E-state index in [2.05, 4.69) is 15.9 Å². The maximum absolute atomic E-state index is 13.0. The van der Waals surface area contributed by atoms with Crippen molar-refractivity contribution in [1.29, 1.82) is 0 Å². The van der Waals surface area contributed by atoms with Crippen molar-refractivity contribution in [2.75, 3.05) is 4.90 Å². The van der Waals surface area contributed by atoms with Gasteiger partial charge in [-0.25, -0.2) is 0 Å². The lowest BCUT2D eigenvalue weighted by Gasteiger charge is -2.23. The minimum Gasteiger partial charge on any atom is -0.507 e. The summed E-state index contributed by atoms with van der Waals surface area (Å²) in [5, 5.41) is 11.4. The Labute approximate surface area is 180 Å². The molecule has 4 rings (SSSR count). The summed E-state index contributed by atoms with van der Waals surface area (Å²) in [6, 6.07) is 16.0. The number of aryl methyl sites for hydroxylation is 1. The smallest absolute Gasteiger partial charge is 0.300 e. The van der Waals surface area contributed by atoms with E-state index in [1.807, 2.05) is 0 Å². The lowest BCUT2D eigenvalue weighted by atomic mass is 9.99. The van der Waals surface area contributed by atoms with Gasteiger partial charge >= 0.3 is 0 Å². The van der Waals surface area contributed by atoms with E-state index in [9.17, 15) is 14.7 Å². The summed E-state index contributed by atoms with van der Waals surface area (Å²) in [6.07, 6.45) is 0. The van der Waals surface area contributed by atoms with E-state index in [0.29, 0.717) is 27.8 Å². The number of aliphatic hydroxyl groups is 1. The molecule has 0 saturated carbocycles. The number of amides is 1. The molecule has 29 heavy (non-hydrogen) atoms. The van der Waals surface area contributed by atoms with E-state index in [-0.39, 0.29) is 11.3 Å². The number of Topliss-reactive ketones (excluding diaryl/α,β-unsaturated/α-hetero) is 1. The molecule has 146 valence electrons. The molecule has 1 aromatic heterocycles. The Morgan fingerprint density at radius 1 is 1.10 bits per heavy atom. The topological polar surface area (TPSA) is 70.8 Å². The number of rotatable bonds is 3. The Hall–Kier alpha value is -2.83. The highest BCUT2D eigenvalue weighted by Gasteiger charge is 2.48. The number of aliphatic hydroxyl groups excluding tert-OH is 1. The van der Waals surface area contributed by atoms with Crippen molar-refractivity contribution < 1.29 is 19.1 Å². The van der Waals surface area contributed by atoms with Gasteiger partial charge in [-0.15, -0.1) is 0 Å². The highest BCUT2D eigenvalue weighted by Crippen LogP contribution is 2.43. The van der Waals surface area contributed by atoms with Crippen LogP contribution in [0.15, 0.2) is 75.1 Å². The molecule has 1 aliphatic rings. The van der Waals surface area contributed by atoms with Crippen LogP contribution in [0.4, 0.5) is 5.69 Å². The van der Waals surface area contributed by atoms with Crippen LogP contribution in [0.1, 0.15) is 23.1 Å². The van der Waals surface area contributed by atoms with E-state index < -0.39 is 17.7 Å². The largest absolute Gasteiger partial charge is 0.507 e. The van der Waals surface area contributed by atoms with Crippen LogP contribution in [0.2, 0.25) is 5.02 Å². The number of nitrogens with zero attached hydrogens (tertiary/aromatic N) is 1. The summed E-state index contributed by atoms with van der Waals surface area (Å²) >= 11 is 9.45. The first-order valence-corrected chi connectivity index (χ1v) is 9.93. The average Bonchev–Trinajstić information content (AvgIpc) is 3.23. The summed E-state index contributed by atoms with van der Waals surface area (Å²) in [4.78, 5) is 27.2. The molecular weight excluding hydrogens is 458 g/mol. The van der Waals surface area contributed by atoms with E-state index in [4.69, 9.17) is 16.0 Å².